The normalized spacial score (nSPS) is 16.5. The van der Waals surface area contributed by atoms with Crippen molar-refractivity contribution >= 4 is 43.9 Å². The highest BCUT2D eigenvalue weighted by atomic mass is 32.1. The third-order valence-electron chi connectivity index (χ3n) is 4.90. The molecule has 0 aliphatic carbocycles. The molecular weight excluding hydrogens is 406 g/mol. The van der Waals surface area contributed by atoms with Crippen LogP contribution in [-0.2, 0) is 4.74 Å². The molecule has 0 spiro atoms. The number of thiazole rings is 1. The van der Waals surface area contributed by atoms with E-state index >= 15 is 0 Å². The maximum Gasteiger partial charge on any atom is 0.282 e. The fourth-order valence-corrected chi connectivity index (χ4v) is 5.07. The first-order valence-electron chi connectivity index (χ1n) is 9.49. The maximum atomic E-state index is 13.5. The summed E-state index contributed by atoms with van der Waals surface area (Å²) >= 11 is 3.04. The number of nitrogens with zero attached hydrogens (tertiary/aromatic N) is 3. The molecule has 1 aliphatic rings. The van der Waals surface area contributed by atoms with Crippen molar-refractivity contribution in [2.75, 3.05) is 18.1 Å². The first-order chi connectivity index (χ1) is 14.2. The number of aryl methyl sites for hydroxylation is 1. The lowest BCUT2D eigenvalue weighted by atomic mass is 10.2. The molecule has 6 nitrogen and oxygen atoms in total. The number of hydrogen-bond acceptors (Lipinski definition) is 7. The first-order valence-corrected chi connectivity index (χ1v) is 11.2. The number of para-hydroxylation sites is 1. The Morgan fingerprint density at radius 3 is 2.90 bits per heavy atom. The van der Waals surface area contributed by atoms with Crippen molar-refractivity contribution in [3.05, 3.63) is 53.2 Å². The average molecular weight is 426 g/mol. The zero-order valence-corrected chi connectivity index (χ0v) is 17.5. The summed E-state index contributed by atoms with van der Waals surface area (Å²) in [6, 6.07) is 11.8. The number of rotatable bonds is 5. The Morgan fingerprint density at radius 2 is 2.14 bits per heavy atom. The zero-order chi connectivity index (χ0) is 19.8. The molecule has 0 saturated carbocycles. The van der Waals surface area contributed by atoms with Gasteiger partial charge in [0.15, 0.2) is 10.8 Å². The van der Waals surface area contributed by atoms with Gasteiger partial charge in [-0.25, -0.2) is 9.97 Å². The number of amides is 1. The Kier molecular flexibility index (Phi) is 4.91. The molecule has 4 aromatic rings. The highest BCUT2D eigenvalue weighted by Gasteiger charge is 2.30. The molecule has 1 aliphatic heterocycles. The molecule has 1 saturated heterocycles. The van der Waals surface area contributed by atoms with Gasteiger partial charge >= 0.3 is 0 Å². The van der Waals surface area contributed by atoms with Crippen molar-refractivity contribution in [3.8, 4) is 10.8 Å². The Balaban J connectivity index is 1.52. The van der Waals surface area contributed by atoms with Crippen molar-refractivity contribution in [1.82, 2.24) is 9.97 Å². The van der Waals surface area contributed by atoms with E-state index in [4.69, 9.17) is 14.1 Å². The van der Waals surface area contributed by atoms with Crippen LogP contribution >= 0.6 is 22.7 Å². The lowest BCUT2D eigenvalue weighted by Gasteiger charge is -2.22. The van der Waals surface area contributed by atoms with Crippen LogP contribution in [0.4, 0.5) is 5.13 Å². The molecule has 3 aromatic heterocycles. The predicted octanol–water partition coefficient (Wildman–Crippen LogP) is 5.15. The lowest BCUT2D eigenvalue weighted by molar-refractivity contribution is 0.0912. The van der Waals surface area contributed by atoms with Gasteiger partial charge in [0.25, 0.3) is 5.91 Å². The molecule has 1 aromatic carbocycles. The molecule has 148 valence electrons. The van der Waals surface area contributed by atoms with E-state index in [0.717, 1.165) is 34.5 Å². The van der Waals surface area contributed by atoms with Crippen LogP contribution < -0.4 is 4.90 Å². The standard InChI is InChI=1S/C21H19N3O3S2/c1-13-18(23-19(27-13)17-9-5-11-28-17)20(25)24(12-14-6-4-10-26-14)21-22-15-7-2-3-8-16(15)29-21/h2-3,5,7-9,11,14H,4,6,10,12H2,1H3/t14-/m0/s1. The van der Waals surface area contributed by atoms with Crippen LogP contribution in [-0.4, -0.2) is 35.1 Å². The topological polar surface area (TPSA) is 68.5 Å². The maximum absolute atomic E-state index is 13.5. The van der Waals surface area contributed by atoms with Crippen LogP contribution in [0.1, 0.15) is 29.1 Å². The van der Waals surface area contributed by atoms with Gasteiger partial charge in [-0.05, 0) is 43.3 Å². The zero-order valence-electron chi connectivity index (χ0n) is 15.8. The van der Waals surface area contributed by atoms with Crippen LogP contribution in [0.15, 0.2) is 46.2 Å². The number of oxazole rings is 1. The summed E-state index contributed by atoms with van der Waals surface area (Å²) in [5.74, 6) is 0.780. The van der Waals surface area contributed by atoms with Gasteiger partial charge < -0.3 is 9.15 Å². The molecule has 8 heteroatoms. The van der Waals surface area contributed by atoms with Crippen LogP contribution in [0, 0.1) is 6.92 Å². The minimum atomic E-state index is -0.205. The van der Waals surface area contributed by atoms with Crippen molar-refractivity contribution in [2.45, 2.75) is 25.9 Å². The summed E-state index contributed by atoms with van der Waals surface area (Å²) in [7, 11) is 0. The predicted molar refractivity (Wildman–Crippen MR) is 115 cm³/mol. The summed E-state index contributed by atoms with van der Waals surface area (Å²) in [5, 5.41) is 2.62. The van der Waals surface area contributed by atoms with E-state index in [-0.39, 0.29) is 12.0 Å². The number of fused-ring (bicyclic) bond motifs is 1. The van der Waals surface area contributed by atoms with E-state index in [1.165, 1.54) is 22.7 Å². The Morgan fingerprint density at radius 1 is 1.24 bits per heavy atom. The summed E-state index contributed by atoms with van der Waals surface area (Å²) in [4.78, 5) is 25.3. The molecular formula is C21H19N3O3S2. The molecule has 0 unspecified atom stereocenters. The van der Waals surface area contributed by atoms with E-state index < -0.39 is 0 Å². The van der Waals surface area contributed by atoms with E-state index in [1.807, 2.05) is 41.8 Å². The van der Waals surface area contributed by atoms with Crippen molar-refractivity contribution in [1.29, 1.82) is 0 Å². The number of benzene rings is 1. The smallest absolute Gasteiger partial charge is 0.282 e. The van der Waals surface area contributed by atoms with Gasteiger partial charge in [0, 0.05) is 6.61 Å². The molecule has 5 rings (SSSR count). The summed E-state index contributed by atoms with van der Waals surface area (Å²) < 4.78 is 12.6. The minimum absolute atomic E-state index is 0.00920. The quantitative estimate of drug-likeness (QED) is 0.442. The molecule has 1 fully saturated rings. The molecule has 0 radical (unpaired) electrons. The summed E-state index contributed by atoms with van der Waals surface area (Å²) in [6.45, 7) is 2.97. The van der Waals surface area contributed by atoms with E-state index in [9.17, 15) is 4.79 Å². The third kappa shape index (κ3) is 3.59. The number of thiophene rings is 1. The number of carbonyl (C=O) groups is 1. The van der Waals surface area contributed by atoms with Gasteiger partial charge in [0.05, 0.1) is 27.7 Å². The van der Waals surface area contributed by atoms with Gasteiger partial charge in [-0.1, -0.05) is 29.5 Å². The molecule has 1 amide bonds. The summed E-state index contributed by atoms with van der Waals surface area (Å²) in [5.41, 5.74) is 1.21. The van der Waals surface area contributed by atoms with Gasteiger partial charge in [-0.15, -0.1) is 11.3 Å². The van der Waals surface area contributed by atoms with Gasteiger partial charge in [0.1, 0.15) is 5.76 Å². The molecule has 0 bridgehead atoms. The van der Waals surface area contributed by atoms with Crippen LogP contribution in [0.5, 0.6) is 0 Å². The number of aromatic nitrogens is 2. The fraction of sp³-hybridized carbons (Fsp3) is 0.286. The van der Waals surface area contributed by atoms with Crippen LogP contribution in [0.2, 0.25) is 0 Å². The van der Waals surface area contributed by atoms with Gasteiger partial charge in [-0.3, -0.25) is 9.69 Å². The lowest BCUT2D eigenvalue weighted by Crippen LogP contribution is -2.38. The van der Waals surface area contributed by atoms with Gasteiger partial charge in [0.2, 0.25) is 5.89 Å². The fourth-order valence-electron chi connectivity index (χ4n) is 3.44. The third-order valence-corrected chi connectivity index (χ3v) is 6.82. The molecule has 29 heavy (non-hydrogen) atoms. The Hall–Kier alpha value is -2.55. The van der Waals surface area contributed by atoms with Crippen molar-refractivity contribution in [3.63, 3.8) is 0 Å². The number of ether oxygens (including phenoxy) is 1. The number of hydrogen-bond donors (Lipinski definition) is 0. The van der Waals surface area contributed by atoms with E-state index in [2.05, 4.69) is 4.98 Å². The van der Waals surface area contributed by atoms with Crippen molar-refractivity contribution in [2.24, 2.45) is 0 Å². The second kappa shape index (κ2) is 7.70. The van der Waals surface area contributed by atoms with Gasteiger partial charge in [-0.2, -0.15) is 0 Å². The van der Waals surface area contributed by atoms with E-state index in [1.54, 1.807) is 11.8 Å². The Labute approximate surface area is 175 Å². The first kappa shape index (κ1) is 18.5. The minimum Gasteiger partial charge on any atom is -0.440 e. The highest BCUT2D eigenvalue weighted by molar-refractivity contribution is 7.22. The summed E-state index contributed by atoms with van der Waals surface area (Å²) in [6.07, 6.45) is 1.96. The Bertz CT molecular complexity index is 1110. The number of carbonyl (C=O) groups excluding carboxylic acids is 1. The number of anilines is 1. The average Bonchev–Trinajstić information content (AvgIpc) is 3.52. The monoisotopic (exact) mass is 425 g/mol. The second-order valence-corrected chi connectivity index (χ2v) is 8.87. The molecule has 4 heterocycles. The van der Waals surface area contributed by atoms with Crippen LogP contribution in [0.3, 0.4) is 0 Å². The van der Waals surface area contributed by atoms with Crippen molar-refractivity contribution < 1.29 is 13.9 Å². The second-order valence-electron chi connectivity index (χ2n) is 6.92. The molecule has 0 N–H and O–H groups in total. The SMILES string of the molecule is Cc1oc(-c2cccs2)nc1C(=O)N(C[C@@H]1CCCO1)c1nc2ccccc2s1. The highest BCUT2D eigenvalue weighted by Crippen LogP contribution is 2.32. The van der Waals surface area contributed by atoms with Crippen LogP contribution in [0.25, 0.3) is 21.0 Å². The van der Waals surface area contributed by atoms with E-state index in [0.29, 0.717) is 29.0 Å². The molecule has 1 atom stereocenters. The largest absolute Gasteiger partial charge is 0.440 e.